The average Bonchev–Trinajstić information content (AvgIpc) is 2.58. The summed E-state index contributed by atoms with van der Waals surface area (Å²) in [6, 6.07) is 16.0. The van der Waals surface area contributed by atoms with Crippen molar-refractivity contribution in [3.63, 3.8) is 0 Å². The Kier molecular flexibility index (Phi) is 2.35. The van der Waals surface area contributed by atoms with E-state index < -0.39 is 0 Å². The second-order valence-corrected chi connectivity index (χ2v) is 4.01. The molecular weight excluding hydrogens is 224 g/mol. The highest BCUT2D eigenvalue weighted by Gasteiger charge is 2.13. The highest BCUT2D eigenvalue weighted by Crippen LogP contribution is 2.34. The van der Waals surface area contributed by atoms with E-state index >= 15 is 0 Å². The standard InChI is InChI=1S/C15H10N2O/c1-18-15-11(9-16)7-13-12-6-4-2-3-5-10(12)8-14(13)17-15/h2-8H,1H3. The highest BCUT2D eigenvalue weighted by molar-refractivity contribution is 6.00. The molecule has 0 atom stereocenters. The van der Waals surface area contributed by atoms with E-state index in [1.165, 1.54) is 7.11 Å². The van der Waals surface area contributed by atoms with Crippen LogP contribution in [-0.2, 0) is 0 Å². The molecule has 0 unspecified atom stereocenters. The topological polar surface area (TPSA) is 45.9 Å². The second kappa shape index (κ2) is 4.01. The molecule has 0 N–H and O–H groups in total. The molecule has 2 aliphatic rings. The first kappa shape index (κ1) is 10.5. The van der Waals surface area contributed by atoms with Crippen LogP contribution in [0.25, 0.3) is 22.0 Å². The monoisotopic (exact) mass is 234 g/mol. The molecule has 3 nitrogen and oxygen atoms in total. The van der Waals surface area contributed by atoms with Crippen molar-refractivity contribution in [3.05, 3.63) is 48.0 Å². The molecule has 0 fully saturated rings. The normalized spacial score (nSPS) is 10.4. The molecule has 3 rings (SSSR count). The lowest BCUT2D eigenvalue weighted by molar-refractivity contribution is 0.398. The van der Waals surface area contributed by atoms with Crippen LogP contribution in [0.15, 0.2) is 42.5 Å². The van der Waals surface area contributed by atoms with Gasteiger partial charge < -0.3 is 4.74 Å². The van der Waals surface area contributed by atoms with E-state index in [-0.39, 0.29) is 0 Å². The van der Waals surface area contributed by atoms with E-state index in [9.17, 15) is 0 Å². The SMILES string of the molecule is COc1nc2cc3cccccc-3c2cc1C#N. The van der Waals surface area contributed by atoms with Gasteiger partial charge in [-0.15, -0.1) is 0 Å². The van der Waals surface area contributed by atoms with Gasteiger partial charge in [-0.05, 0) is 23.3 Å². The summed E-state index contributed by atoms with van der Waals surface area (Å²) in [7, 11) is 1.53. The first-order valence-electron chi connectivity index (χ1n) is 5.60. The molecule has 3 heteroatoms. The predicted octanol–water partition coefficient (Wildman–Crippen LogP) is 3.22. The van der Waals surface area contributed by atoms with Crippen LogP contribution < -0.4 is 4.74 Å². The molecule has 0 spiro atoms. The van der Waals surface area contributed by atoms with E-state index in [2.05, 4.69) is 11.1 Å². The van der Waals surface area contributed by atoms with Crippen molar-refractivity contribution in [3.8, 4) is 23.1 Å². The van der Waals surface area contributed by atoms with Crippen molar-refractivity contribution >= 4 is 10.9 Å². The van der Waals surface area contributed by atoms with Crippen LogP contribution in [0.2, 0.25) is 0 Å². The minimum absolute atomic E-state index is 0.379. The zero-order valence-corrected chi connectivity index (χ0v) is 9.84. The lowest BCUT2D eigenvalue weighted by Gasteiger charge is -2.01. The van der Waals surface area contributed by atoms with Crippen molar-refractivity contribution in [2.24, 2.45) is 0 Å². The summed E-state index contributed by atoms with van der Waals surface area (Å²) < 4.78 is 5.13. The number of hydrogen-bond acceptors (Lipinski definition) is 3. The van der Waals surface area contributed by atoms with Gasteiger partial charge in [0, 0.05) is 5.39 Å². The molecule has 0 bridgehead atoms. The Hall–Kier alpha value is -2.60. The summed E-state index contributed by atoms with van der Waals surface area (Å²) in [4.78, 5) is 4.38. The van der Waals surface area contributed by atoms with E-state index in [4.69, 9.17) is 10.00 Å². The van der Waals surface area contributed by atoms with Crippen molar-refractivity contribution in [1.29, 1.82) is 5.26 Å². The van der Waals surface area contributed by atoms with E-state index in [0.29, 0.717) is 11.4 Å². The Morgan fingerprint density at radius 3 is 2.78 bits per heavy atom. The van der Waals surface area contributed by atoms with Crippen molar-refractivity contribution < 1.29 is 4.74 Å². The van der Waals surface area contributed by atoms with E-state index in [1.54, 1.807) is 0 Å². The fourth-order valence-electron chi connectivity index (χ4n) is 2.15. The summed E-state index contributed by atoms with van der Waals surface area (Å²) in [6.07, 6.45) is 0. The van der Waals surface area contributed by atoms with Crippen LogP contribution >= 0.6 is 0 Å². The Morgan fingerprint density at radius 1 is 1.17 bits per heavy atom. The molecule has 0 saturated heterocycles. The number of aromatic nitrogens is 1. The number of rotatable bonds is 1. The van der Waals surface area contributed by atoms with Gasteiger partial charge in [-0.1, -0.05) is 30.3 Å². The van der Waals surface area contributed by atoms with Crippen LogP contribution in [0.3, 0.4) is 0 Å². The van der Waals surface area contributed by atoms with Crippen LogP contribution in [0, 0.1) is 11.3 Å². The molecule has 2 aliphatic carbocycles. The van der Waals surface area contributed by atoms with Gasteiger partial charge >= 0.3 is 0 Å². The molecule has 0 aliphatic heterocycles. The number of nitriles is 1. The van der Waals surface area contributed by atoms with Gasteiger partial charge in [0.05, 0.1) is 12.6 Å². The third-order valence-electron chi connectivity index (χ3n) is 2.99. The van der Waals surface area contributed by atoms with E-state index in [1.807, 2.05) is 42.5 Å². The number of methoxy groups -OCH3 is 1. The van der Waals surface area contributed by atoms with Crippen LogP contribution in [0.4, 0.5) is 0 Å². The molecule has 0 amide bonds. The Morgan fingerprint density at radius 2 is 2.00 bits per heavy atom. The summed E-state index contributed by atoms with van der Waals surface area (Å²) in [5.41, 5.74) is 3.53. The lowest BCUT2D eigenvalue weighted by atomic mass is 10.1. The molecule has 1 heterocycles. The van der Waals surface area contributed by atoms with Gasteiger partial charge in [-0.2, -0.15) is 5.26 Å². The first-order valence-corrected chi connectivity index (χ1v) is 5.60. The number of ether oxygens (including phenoxy) is 1. The van der Waals surface area contributed by atoms with Crippen molar-refractivity contribution in [2.45, 2.75) is 0 Å². The quantitative estimate of drug-likeness (QED) is 0.649. The molecule has 0 saturated carbocycles. The van der Waals surface area contributed by atoms with Gasteiger partial charge in [-0.3, -0.25) is 0 Å². The van der Waals surface area contributed by atoms with Gasteiger partial charge in [0.1, 0.15) is 11.6 Å². The van der Waals surface area contributed by atoms with Gasteiger partial charge in [0.15, 0.2) is 0 Å². The third-order valence-corrected chi connectivity index (χ3v) is 2.99. The number of nitrogens with zero attached hydrogens (tertiary/aromatic N) is 2. The second-order valence-electron chi connectivity index (χ2n) is 4.01. The Labute approximate surface area is 105 Å². The molecular formula is C15H10N2O. The first-order chi connectivity index (χ1) is 8.83. The zero-order chi connectivity index (χ0) is 12.5. The third kappa shape index (κ3) is 1.47. The maximum atomic E-state index is 9.10. The van der Waals surface area contributed by atoms with Crippen LogP contribution in [0.5, 0.6) is 5.88 Å². The smallest absolute Gasteiger partial charge is 0.231 e. The summed E-state index contributed by atoms with van der Waals surface area (Å²) in [5.74, 6) is 0.379. The fraction of sp³-hybridized carbons (Fsp3) is 0.0667. The molecule has 18 heavy (non-hydrogen) atoms. The number of fused-ring (bicyclic) bond motifs is 3. The molecule has 1 aromatic rings. The summed E-state index contributed by atoms with van der Waals surface area (Å²) in [5, 5.41) is 10.1. The van der Waals surface area contributed by atoms with Crippen molar-refractivity contribution in [1.82, 2.24) is 4.98 Å². The molecule has 0 aromatic carbocycles. The minimum atomic E-state index is 0.379. The van der Waals surface area contributed by atoms with Crippen LogP contribution in [-0.4, -0.2) is 12.1 Å². The van der Waals surface area contributed by atoms with E-state index in [0.717, 1.165) is 22.0 Å². The Bertz CT molecular complexity index is 743. The maximum absolute atomic E-state index is 9.10. The van der Waals surface area contributed by atoms with Gasteiger partial charge in [0.25, 0.3) is 0 Å². The summed E-state index contributed by atoms with van der Waals surface area (Å²) >= 11 is 0. The van der Waals surface area contributed by atoms with Gasteiger partial charge in [0.2, 0.25) is 5.88 Å². The highest BCUT2D eigenvalue weighted by atomic mass is 16.5. The van der Waals surface area contributed by atoms with Gasteiger partial charge in [-0.25, -0.2) is 4.98 Å². The lowest BCUT2D eigenvalue weighted by Crippen LogP contribution is -1.91. The average molecular weight is 234 g/mol. The fourth-order valence-corrected chi connectivity index (χ4v) is 2.15. The maximum Gasteiger partial charge on any atom is 0.231 e. The molecule has 86 valence electrons. The zero-order valence-electron chi connectivity index (χ0n) is 9.84. The summed E-state index contributed by atoms with van der Waals surface area (Å²) in [6.45, 7) is 0. The van der Waals surface area contributed by atoms with Crippen LogP contribution in [0.1, 0.15) is 5.56 Å². The van der Waals surface area contributed by atoms with Crippen molar-refractivity contribution in [2.75, 3.05) is 7.11 Å². The largest absolute Gasteiger partial charge is 0.480 e. The minimum Gasteiger partial charge on any atom is -0.480 e. The molecule has 0 radical (unpaired) electrons. The number of hydrogen-bond donors (Lipinski definition) is 0. The predicted molar refractivity (Wildman–Crippen MR) is 69.6 cm³/mol. The molecule has 1 aromatic heterocycles. The Balaban J connectivity index is 2.42. The number of pyridine rings is 1.